The zero-order chi connectivity index (χ0) is 17.6. The number of aromatic nitrogens is 2. The van der Waals surface area contributed by atoms with Gasteiger partial charge in [-0.2, -0.15) is 5.10 Å². The van der Waals surface area contributed by atoms with E-state index < -0.39 is 0 Å². The van der Waals surface area contributed by atoms with Gasteiger partial charge in [0.1, 0.15) is 6.10 Å². The second-order valence-electron chi connectivity index (χ2n) is 6.51. The molecule has 1 unspecified atom stereocenters. The maximum atomic E-state index is 12.4. The first-order chi connectivity index (χ1) is 12.2. The number of nitrogens with one attached hydrogen (secondary N) is 1. The number of carbonyl (C=O) groups is 1. The topological polar surface area (TPSA) is 75.0 Å². The lowest BCUT2D eigenvalue weighted by Gasteiger charge is -2.37. The predicted octanol–water partition coefficient (Wildman–Crippen LogP) is 0.209. The summed E-state index contributed by atoms with van der Waals surface area (Å²) in [6, 6.07) is 0. The van der Waals surface area contributed by atoms with Gasteiger partial charge in [-0.25, -0.2) is 4.99 Å². The van der Waals surface area contributed by atoms with E-state index in [1.54, 1.807) is 4.68 Å². The van der Waals surface area contributed by atoms with E-state index in [0.29, 0.717) is 13.2 Å². The van der Waals surface area contributed by atoms with E-state index in [4.69, 9.17) is 9.73 Å². The van der Waals surface area contributed by atoms with E-state index in [2.05, 4.69) is 22.2 Å². The van der Waals surface area contributed by atoms with Crippen LogP contribution in [-0.2, 0) is 23.1 Å². The molecule has 1 atom stereocenters. The number of rotatable bonds is 4. The van der Waals surface area contributed by atoms with Crippen LogP contribution >= 0.6 is 0 Å². The van der Waals surface area contributed by atoms with Crippen LogP contribution in [0.25, 0.3) is 0 Å². The number of hydrogen-bond acceptors (Lipinski definition) is 4. The zero-order valence-electron chi connectivity index (χ0n) is 15.1. The smallest absolute Gasteiger partial charge is 0.251 e. The third-order valence-corrected chi connectivity index (χ3v) is 4.60. The first-order valence-electron chi connectivity index (χ1n) is 9.08. The molecule has 0 aliphatic carbocycles. The van der Waals surface area contributed by atoms with Gasteiger partial charge in [0.15, 0.2) is 5.96 Å². The number of aliphatic imine (C=N–C) groups is 1. The molecule has 0 spiro atoms. The maximum Gasteiger partial charge on any atom is 0.251 e. The van der Waals surface area contributed by atoms with Gasteiger partial charge in [0, 0.05) is 58.1 Å². The average molecular weight is 348 g/mol. The van der Waals surface area contributed by atoms with Crippen LogP contribution in [0, 0.1) is 0 Å². The third kappa shape index (κ3) is 4.50. The summed E-state index contributed by atoms with van der Waals surface area (Å²) in [4.78, 5) is 21.3. The predicted molar refractivity (Wildman–Crippen MR) is 95.2 cm³/mol. The minimum absolute atomic E-state index is 0.148. The van der Waals surface area contributed by atoms with Crippen LogP contribution in [0.5, 0.6) is 0 Å². The van der Waals surface area contributed by atoms with Gasteiger partial charge in [-0.1, -0.05) is 0 Å². The van der Waals surface area contributed by atoms with Crippen molar-refractivity contribution in [3.05, 3.63) is 18.0 Å². The molecule has 8 heteroatoms. The fraction of sp³-hybridized carbons (Fsp3) is 0.706. The number of piperazine rings is 1. The van der Waals surface area contributed by atoms with Gasteiger partial charge in [-0.05, 0) is 19.8 Å². The van der Waals surface area contributed by atoms with Gasteiger partial charge < -0.3 is 19.9 Å². The quantitative estimate of drug-likeness (QED) is 0.622. The molecule has 1 N–H and O–H groups in total. The molecule has 0 bridgehead atoms. The third-order valence-electron chi connectivity index (χ3n) is 4.60. The Balaban J connectivity index is 1.55. The Hall–Kier alpha value is -2.09. The molecule has 2 aliphatic heterocycles. The van der Waals surface area contributed by atoms with Crippen LogP contribution in [0.15, 0.2) is 17.4 Å². The number of hydrogen-bond donors (Lipinski definition) is 1. The Kier molecular flexibility index (Phi) is 5.91. The molecular formula is C17H28N6O2. The lowest BCUT2D eigenvalue weighted by atomic mass is 10.2. The molecule has 8 nitrogen and oxygen atoms in total. The first kappa shape index (κ1) is 17.7. The Labute approximate surface area is 148 Å². The number of ether oxygens (including phenoxy) is 1. The molecule has 0 aromatic carbocycles. The number of aryl methyl sites for hydroxylation is 1. The molecule has 3 heterocycles. The summed E-state index contributed by atoms with van der Waals surface area (Å²) in [7, 11) is 1.91. The summed E-state index contributed by atoms with van der Waals surface area (Å²) in [5, 5.41) is 7.53. The molecule has 0 radical (unpaired) electrons. The van der Waals surface area contributed by atoms with Crippen molar-refractivity contribution in [1.82, 2.24) is 24.9 Å². The fourth-order valence-electron chi connectivity index (χ4n) is 3.26. The van der Waals surface area contributed by atoms with Crippen LogP contribution < -0.4 is 5.32 Å². The second-order valence-corrected chi connectivity index (χ2v) is 6.51. The minimum atomic E-state index is -0.223. The molecular weight excluding hydrogens is 320 g/mol. The lowest BCUT2D eigenvalue weighted by Crippen LogP contribution is -2.55. The fourth-order valence-corrected chi connectivity index (χ4v) is 3.26. The van der Waals surface area contributed by atoms with E-state index in [9.17, 15) is 4.79 Å². The number of amides is 1. The minimum Gasteiger partial charge on any atom is -0.368 e. The Morgan fingerprint density at radius 3 is 2.72 bits per heavy atom. The molecule has 2 saturated heterocycles. The van der Waals surface area contributed by atoms with E-state index in [0.717, 1.165) is 57.1 Å². The molecule has 1 aromatic rings. The summed E-state index contributed by atoms with van der Waals surface area (Å²) in [5.74, 6) is 1.05. The van der Waals surface area contributed by atoms with Crippen molar-refractivity contribution < 1.29 is 9.53 Å². The molecule has 3 rings (SSSR count). The van der Waals surface area contributed by atoms with Crippen LogP contribution in [-0.4, -0.2) is 76.9 Å². The highest BCUT2D eigenvalue weighted by Crippen LogP contribution is 2.16. The van der Waals surface area contributed by atoms with Gasteiger partial charge in [0.25, 0.3) is 5.91 Å². The van der Waals surface area contributed by atoms with Crippen molar-refractivity contribution in [2.24, 2.45) is 12.0 Å². The van der Waals surface area contributed by atoms with Crippen LogP contribution in [0.3, 0.4) is 0 Å². The van der Waals surface area contributed by atoms with Crippen LogP contribution in [0.4, 0.5) is 0 Å². The van der Waals surface area contributed by atoms with Crippen molar-refractivity contribution in [3.8, 4) is 0 Å². The Bertz CT molecular complexity index is 600. The van der Waals surface area contributed by atoms with E-state index >= 15 is 0 Å². The normalized spacial score (nSPS) is 21.7. The Morgan fingerprint density at radius 2 is 2.12 bits per heavy atom. The van der Waals surface area contributed by atoms with Gasteiger partial charge in [0.05, 0.1) is 12.7 Å². The molecule has 1 amide bonds. The number of carbonyl (C=O) groups excluding carboxylic acids is 1. The van der Waals surface area contributed by atoms with Crippen molar-refractivity contribution in [2.75, 3.05) is 39.3 Å². The number of guanidine groups is 1. The molecule has 0 saturated carbocycles. The zero-order valence-corrected chi connectivity index (χ0v) is 15.1. The van der Waals surface area contributed by atoms with Crippen molar-refractivity contribution in [2.45, 2.75) is 32.4 Å². The summed E-state index contributed by atoms with van der Waals surface area (Å²) in [6.45, 7) is 7.21. The Morgan fingerprint density at radius 1 is 1.36 bits per heavy atom. The molecule has 1 aromatic heterocycles. The number of nitrogens with zero attached hydrogens (tertiary/aromatic N) is 5. The SMILES string of the molecule is CCNC(=NCc1cnn(C)c1)N1CCN(C(=O)C2CCCO2)CC1. The average Bonchev–Trinajstić information content (AvgIpc) is 3.30. The largest absolute Gasteiger partial charge is 0.368 e. The molecule has 2 aliphatic rings. The summed E-state index contributed by atoms with van der Waals surface area (Å²) in [5.41, 5.74) is 1.09. The monoisotopic (exact) mass is 348 g/mol. The van der Waals surface area contributed by atoms with E-state index in [-0.39, 0.29) is 12.0 Å². The van der Waals surface area contributed by atoms with Gasteiger partial charge >= 0.3 is 0 Å². The molecule has 138 valence electrons. The highest BCUT2D eigenvalue weighted by atomic mass is 16.5. The summed E-state index contributed by atoms with van der Waals surface area (Å²) in [6.07, 6.45) is 5.44. The maximum absolute atomic E-state index is 12.4. The first-order valence-corrected chi connectivity index (χ1v) is 9.08. The van der Waals surface area contributed by atoms with E-state index in [1.807, 2.05) is 24.3 Å². The summed E-state index contributed by atoms with van der Waals surface area (Å²) >= 11 is 0. The van der Waals surface area contributed by atoms with Crippen LogP contribution in [0.1, 0.15) is 25.3 Å². The lowest BCUT2D eigenvalue weighted by molar-refractivity contribution is -0.142. The van der Waals surface area contributed by atoms with Crippen molar-refractivity contribution in [3.63, 3.8) is 0 Å². The van der Waals surface area contributed by atoms with Gasteiger partial charge in [-0.15, -0.1) is 0 Å². The molecule has 25 heavy (non-hydrogen) atoms. The van der Waals surface area contributed by atoms with E-state index in [1.165, 1.54) is 0 Å². The highest BCUT2D eigenvalue weighted by Gasteiger charge is 2.30. The van der Waals surface area contributed by atoms with Gasteiger partial charge in [0.2, 0.25) is 0 Å². The molecule has 2 fully saturated rings. The van der Waals surface area contributed by atoms with Crippen LogP contribution in [0.2, 0.25) is 0 Å². The van der Waals surface area contributed by atoms with Crippen molar-refractivity contribution >= 4 is 11.9 Å². The second kappa shape index (κ2) is 8.33. The van der Waals surface area contributed by atoms with Gasteiger partial charge in [-0.3, -0.25) is 9.48 Å². The van der Waals surface area contributed by atoms with Crippen molar-refractivity contribution in [1.29, 1.82) is 0 Å². The summed E-state index contributed by atoms with van der Waals surface area (Å²) < 4.78 is 7.31. The standard InChI is InChI=1S/C17H28N6O2/c1-3-18-17(19-11-14-12-20-21(2)13-14)23-8-6-22(7-9-23)16(24)15-5-4-10-25-15/h12-13,15H,3-11H2,1-2H3,(H,18,19). The highest BCUT2D eigenvalue weighted by molar-refractivity contribution is 5.82.